The first kappa shape index (κ1) is 14.3. The van der Waals surface area contributed by atoms with E-state index in [0.717, 1.165) is 31.9 Å². The zero-order chi connectivity index (χ0) is 14.0. The van der Waals surface area contributed by atoms with Gasteiger partial charge in [0.15, 0.2) is 0 Å². The van der Waals surface area contributed by atoms with Crippen LogP contribution in [0.2, 0.25) is 0 Å². The summed E-state index contributed by atoms with van der Waals surface area (Å²) in [6.45, 7) is 10.3. The van der Waals surface area contributed by atoms with Crippen LogP contribution in [0.5, 0.6) is 0 Å². The number of halogens is 1. The number of hydrogen-bond acceptors (Lipinski definition) is 3. The number of aliphatic hydroxyl groups is 1. The van der Waals surface area contributed by atoms with Crippen molar-refractivity contribution in [2.24, 2.45) is 0 Å². The van der Waals surface area contributed by atoms with Crippen LogP contribution in [-0.2, 0) is 6.61 Å². The van der Waals surface area contributed by atoms with Crippen LogP contribution in [-0.4, -0.2) is 41.7 Å². The Kier molecular flexibility index (Phi) is 4.11. The van der Waals surface area contributed by atoms with Gasteiger partial charge in [0.1, 0.15) is 5.82 Å². The van der Waals surface area contributed by atoms with Gasteiger partial charge in [-0.2, -0.15) is 0 Å². The molecule has 2 rings (SSSR count). The molecule has 0 atom stereocenters. The highest BCUT2D eigenvalue weighted by Crippen LogP contribution is 2.23. The number of hydrogen-bond donors (Lipinski definition) is 1. The summed E-state index contributed by atoms with van der Waals surface area (Å²) in [5, 5.41) is 9.14. The van der Waals surface area contributed by atoms with Gasteiger partial charge in [0, 0.05) is 37.4 Å². The van der Waals surface area contributed by atoms with E-state index in [1.165, 1.54) is 6.07 Å². The second-order valence-electron chi connectivity index (χ2n) is 6.12. The van der Waals surface area contributed by atoms with Crippen LogP contribution in [0.1, 0.15) is 26.3 Å². The third kappa shape index (κ3) is 3.45. The maximum atomic E-state index is 13.5. The van der Waals surface area contributed by atoms with Gasteiger partial charge in [-0.25, -0.2) is 4.39 Å². The van der Waals surface area contributed by atoms with E-state index in [-0.39, 0.29) is 18.0 Å². The molecule has 0 radical (unpaired) electrons. The molecule has 1 N–H and O–H groups in total. The first-order valence-electron chi connectivity index (χ1n) is 6.80. The van der Waals surface area contributed by atoms with Crippen LogP contribution in [0.25, 0.3) is 0 Å². The van der Waals surface area contributed by atoms with E-state index in [4.69, 9.17) is 5.11 Å². The third-order valence-corrected chi connectivity index (χ3v) is 3.72. The largest absolute Gasteiger partial charge is 0.392 e. The maximum Gasteiger partial charge on any atom is 0.125 e. The number of nitrogens with zero attached hydrogens (tertiary/aromatic N) is 2. The molecule has 0 spiro atoms. The summed E-state index contributed by atoms with van der Waals surface area (Å²) in [7, 11) is 0. The molecular weight excluding hydrogens is 243 g/mol. The fourth-order valence-corrected chi connectivity index (χ4v) is 2.54. The van der Waals surface area contributed by atoms with Crippen molar-refractivity contribution in [3.63, 3.8) is 0 Å². The van der Waals surface area contributed by atoms with E-state index in [1.54, 1.807) is 6.07 Å². The highest BCUT2D eigenvalue weighted by Gasteiger charge is 2.26. The molecule has 106 valence electrons. The highest BCUT2D eigenvalue weighted by atomic mass is 19.1. The minimum Gasteiger partial charge on any atom is -0.392 e. The van der Waals surface area contributed by atoms with Crippen molar-refractivity contribution in [2.75, 3.05) is 31.1 Å². The SMILES string of the molecule is CC(C)(C)N1CCN(c2cc(F)cc(CO)c2)CC1. The molecule has 1 aromatic carbocycles. The van der Waals surface area contributed by atoms with Crippen molar-refractivity contribution in [1.82, 2.24) is 4.90 Å². The highest BCUT2D eigenvalue weighted by molar-refractivity contribution is 5.49. The Balaban J connectivity index is 2.07. The molecule has 19 heavy (non-hydrogen) atoms. The Hall–Kier alpha value is -1.13. The lowest BCUT2D eigenvalue weighted by molar-refractivity contribution is 0.128. The molecule has 1 saturated heterocycles. The molecule has 0 unspecified atom stereocenters. The van der Waals surface area contributed by atoms with Crippen molar-refractivity contribution >= 4 is 5.69 Å². The first-order valence-corrected chi connectivity index (χ1v) is 6.80. The number of benzene rings is 1. The van der Waals surface area contributed by atoms with E-state index >= 15 is 0 Å². The van der Waals surface area contributed by atoms with E-state index in [0.29, 0.717) is 5.56 Å². The van der Waals surface area contributed by atoms with Gasteiger partial charge in [0.05, 0.1) is 6.61 Å². The number of piperazine rings is 1. The monoisotopic (exact) mass is 266 g/mol. The van der Waals surface area contributed by atoms with Crippen molar-refractivity contribution in [3.05, 3.63) is 29.6 Å². The lowest BCUT2D eigenvalue weighted by atomic mass is 10.0. The maximum absolute atomic E-state index is 13.5. The standard InChI is InChI=1S/C15H23FN2O/c1-15(2,3)18-6-4-17(5-7-18)14-9-12(11-19)8-13(16)10-14/h8-10,19H,4-7,11H2,1-3H3. The zero-order valence-electron chi connectivity index (χ0n) is 12.0. The molecule has 0 saturated carbocycles. The van der Waals surface area contributed by atoms with Crippen LogP contribution in [0.4, 0.5) is 10.1 Å². The average Bonchev–Trinajstić information content (AvgIpc) is 2.37. The van der Waals surface area contributed by atoms with Gasteiger partial charge >= 0.3 is 0 Å². The van der Waals surface area contributed by atoms with Crippen molar-refractivity contribution in [2.45, 2.75) is 32.9 Å². The Labute approximate surface area is 114 Å². The van der Waals surface area contributed by atoms with Crippen LogP contribution in [0, 0.1) is 5.82 Å². The zero-order valence-corrected chi connectivity index (χ0v) is 12.0. The smallest absolute Gasteiger partial charge is 0.125 e. The summed E-state index contributed by atoms with van der Waals surface area (Å²) in [6, 6.07) is 4.80. The van der Waals surface area contributed by atoms with Crippen molar-refractivity contribution < 1.29 is 9.50 Å². The fraction of sp³-hybridized carbons (Fsp3) is 0.600. The van der Waals surface area contributed by atoms with Crippen molar-refractivity contribution in [3.8, 4) is 0 Å². The third-order valence-electron chi connectivity index (χ3n) is 3.72. The summed E-state index contributed by atoms with van der Waals surface area (Å²) in [4.78, 5) is 4.63. The van der Waals surface area contributed by atoms with E-state index < -0.39 is 0 Å². The molecule has 3 nitrogen and oxygen atoms in total. The van der Waals surface area contributed by atoms with Gasteiger partial charge in [0.2, 0.25) is 0 Å². The van der Waals surface area contributed by atoms with Crippen LogP contribution in [0.3, 0.4) is 0 Å². The number of rotatable bonds is 2. The molecule has 1 aliphatic rings. The van der Waals surface area contributed by atoms with Gasteiger partial charge in [-0.1, -0.05) is 0 Å². The quantitative estimate of drug-likeness (QED) is 0.889. The minimum absolute atomic E-state index is 0.118. The summed E-state index contributed by atoms with van der Waals surface area (Å²) in [5.41, 5.74) is 1.69. The van der Waals surface area contributed by atoms with Crippen LogP contribution >= 0.6 is 0 Å². The average molecular weight is 266 g/mol. The first-order chi connectivity index (χ1) is 8.90. The molecule has 0 bridgehead atoms. The molecule has 0 amide bonds. The number of anilines is 1. The summed E-state index contributed by atoms with van der Waals surface area (Å²) >= 11 is 0. The van der Waals surface area contributed by atoms with E-state index in [1.807, 2.05) is 6.07 Å². The molecule has 0 aliphatic carbocycles. The molecule has 1 aliphatic heterocycles. The van der Waals surface area contributed by atoms with E-state index in [9.17, 15) is 4.39 Å². The van der Waals surface area contributed by atoms with Gasteiger partial charge in [-0.15, -0.1) is 0 Å². The molecule has 1 fully saturated rings. The molecule has 1 heterocycles. The fourth-order valence-electron chi connectivity index (χ4n) is 2.54. The van der Waals surface area contributed by atoms with E-state index in [2.05, 4.69) is 30.6 Å². The second-order valence-corrected chi connectivity index (χ2v) is 6.12. The normalized spacial score (nSPS) is 17.8. The minimum atomic E-state index is -0.278. The van der Waals surface area contributed by atoms with Crippen LogP contribution < -0.4 is 4.90 Å². The Bertz CT molecular complexity index is 434. The lowest BCUT2D eigenvalue weighted by Gasteiger charge is -2.43. The predicted molar refractivity (Wildman–Crippen MR) is 75.9 cm³/mol. The topological polar surface area (TPSA) is 26.7 Å². The summed E-state index contributed by atoms with van der Waals surface area (Å²) in [5.74, 6) is -0.278. The van der Waals surface area contributed by atoms with Crippen molar-refractivity contribution in [1.29, 1.82) is 0 Å². The molecule has 1 aromatic rings. The second kappa shape index (κ2) is 5.47. The summed E-state index contributed by atoms with van der Waals surface area (Å²) in [6.07, 6.45) is 0. The summed E-state index contributed by atoms with van der Waals surface area (Å²) < 4.78 is 13.5. The Morgan fingerprint density at radius 1 is 1.11 bits per heavy atom. The molecule has 4 heteroatoms. The lowest BCUT2D eigenvalue weighted by Crippen LogP contribution is -2.53. The van der Waals surface area contributed by atoms with Gasteiger partial charge in [-0.3, -0.25) is 4.90 Å². The predicted octanol–water partition coefficient (Wildman–Crippen LogP) is 2.24. The van der Waals surface area contributed by atoms with Crippen LogP contribution in [0.15, 0.2) is 18.2 Å². The number of aliphatic hydroxyl groups excluding tert-OH is 1. The van der Waals surface area contributed by atoms with Gasteiger partial charge in [-0.05, 0) is 44.5 Å². The van der Waals surface area contributed by atoms with Gasteiger partial charge < -0.3 is 10.0 Å². The van der Waals surface area contributed by atoms with Gasteiger partial charge in [0.25, 0.3) is 0 Å². The molecular formula is C15H23FN2O. The Morgan fingerprint density at radius 3 is 2.26 bits per heavy atom. The molecule has 0 aromatic heterocycles. The Morgan fingerprint density at radius 2 is 1.74 bits per heavy atom.